The van der Waals surface area contributed by atoms with Gasteiger partial charge in [-0.2, -0.15) is 0 Å². The number of morpholine rings is 1. The molecule has 1 saturated heterocycles. The van der Waals surface area contributed by atoms with Crippen LogP contribution in [0, 0.1) is 0 Å². The highest BCUT2D eigenvalue weighted by atomic mass is 32.2. The first-order valence-electron chi connectivity index (χ1n) is 9.39. The third-order valence-corrected chi connectivity index (χ3v) is 6.78. The molecule has 2 heterocycles. The Kier molecular flexibility index (Phi) is 6.59. The molecule has 28 heavy (non-hydrogen) atoms. The van der Waals surface area contributed by atoms with Gasteiger partial charge >= 0.3 is 0 Å². The number of hydrogen-bond acceptors (Lipinski definition) is 6. The summed E-state index contributed by atoms with van der Waals surface area (Å²) in [6.07, 6.45) is 0.0360. The molecule has 0 aliphatic carbocycles. The second-order valence-corrected chi connectivity index (χ2v) is 9.01. The van der Waals surface area contributed by atoms with Gasteiger partial charge in [-0.3, -0.25) is 9.69 Å². The number of thioether (sulfide) groups is 1. The minimum absolute atomic E-state index is 0.0213. The minimum atomic E-state index is 0.0213. The number of nitrogens with zero attached hydrogens (tertiary/aromatic N) is 2. The van der Waals surface area contributed by atoms with Gasteiger partial charge in [0.25, 0.3) is 0 Å². The second-order valence-electron chi connectivity index (χ2n) is 6.75. The van der Waals surface area contributed by atoms with Crippen LogP contribution < -0.4 is 5.32 Å². The van der Waals surface area contributed by atoms with Crippen LogP contribution in [0.1, 0.15) is 5.56 Å². The zero-order valence-corrected chi connectivity index (χ0v) is 17.2. The molecule has 5 nitrogen and oxygen atoms in total. The fourth-order valence-electron chi connectivity index (χ4n) is 3.21. The van der Waals surface area contributed by atoms with Crippen LogP contribution in [0.4, 0.5) is 0 Å². The predicted octanol–water partition coefficient (Wildman–Crippen LogP) is 3.41. The lowest BCUT2D eigenvalue weighted by Crippen LogP contribution is -2.47. The molecule has 1 atom stereocenters. The number of carbonyl (C=O) groups excluding carboxylic acids is 1. The molecule has 1 amide bonds. The number of aromatic nitrogens is 1. The van der Waals surface area contributed by atoms with Crippen LogP contribution in [0.15, 0.2) is 58.9 Å². The molecule has 0 radical (unpaired) electrons. The van der Waals surface area contributed by atoms with Gasteiger partial charge in [-0.1, -0.05) is 54.2 Å². The Balaban J connectivity index is 1.20. The molecule has 0 unspecified atom stereocenters. The van der Waals surface area contributed by atoms with Gasteiger partial charge in [-0.25, -0.2) is 4.98 Å². The van der Waals surface area contributed by atoms with Crippen molar-refractivity contribution in [2.75, 3.05) is 32.0 Å². The molecule has 4 rings (SSSR count). The Hall–Kier alpha value is -1.93. The fourth-order valence-corrected chi connectivity index (χ4v) is 5.11. The van der Waals surface area contributed by atoms with Crippen molar-refractivity contribution < 1.29 is 9.53 Å². The highest BCUT2D eigenvalue weighted by Gasteiger charge is 2.21. The zero-order chi connectivity index (χ0) is 19.2. The predicted molar refractivity (Wildman–Crippen MR) is 115 cm³/mol. The number of para-hydroxylation sites is 1. The number of thiazole rings is 1. The van der Waals surface area contributed by atoms with Crippen molar-refractivity contribution in [1.82, 2.24) is 15.2 Å². The number of hydrogen-bond donors (Lipinski definition) is 1. The first-order valence-corrected chi connectivity index (χ1v) is 11.2. The highest BCUT2D eigenvalue weighted by molar-refractivity contribution is 8.01. The number of fused-ring (bicyclic) bond motifs is 1. The van der Waals surface area contributed by atoms with E-state index in [0.717, 1.165) is 34.2 Å². The van der Waals surface area contributed by atoms with Crippen LogP contribution in [0.25, 0.3) is 10.2 Å². The van der Waals surface area contributed by atoms with Gasteiger partial charge in [0.1, 0.15) is 0 Å². The summed E-state index contributed by atoms with van der Waals surface area (Å²) in [6.45, 7) is 3.92. The lowest BCUT2D eigenvalue weighted by atomic mass is 10.2. The number of nitrogens with one attached hydrogen (secondary N) is 1. The van der Waals surface area contributed by atoms with Crippen LogP contribution in [-0.2, 0) is 16.1 Å². The summed E-state index contributed by atoms with van der Waals surface area (Å²) in [4.78, 5) is 19.2. The quantitative estimate of drug-likeness (QED) is 0.602. The van der Waals surface area contributed by atoms with Gasteiger partial charge < -0.3 is 10.1 Å². The zero-order valence-electron chi connectivity index (χ0n) is 15.5. The standard InChI is InChI=1S/C21H23N3O2S2/c25-20(15-27-21-23-18-8-4-5-9-19(18)28-21)22-12-17-14-24(10-11-26-17)13-16-6-2-1-3-7-16/h1-9,17H,10-15H2,(H,22,25)/t17-/m0/s1. The van der Waals surface area contributed by atoms with E-state index in [-0.39, 0.29) is 12.0 Å². The Bertz CT molecular complexity index is 883. The molecule has 7 heteroatoms. The molecule has 1 aliphatic rings. The van der Waals surface area contributed by atoms with E-state index in [0.29, 0.717) is 18.9 Å². The summed E-state index contributed by atoms with van der Waals surface area (Å²) in [6, 6.07) is 18.5. The van der Waals surface area contributed by atoms with Gasteiger partial charge in [0.2, 0.25) is 5.91 Å². The maximum atomic E-state index is 12.2. The van der Waals surface area contributed by atoms with Gasteiger partial charge in [0.15, 0.2) is 4.34 Å². The lowest BCUT2D eigenvalue weighted by Gasteiger charge is -2.33. The molecule has 2 aromatic carbocycles. The maximum Gasteiger partial charge on any atom is 0.230 e. The van der Waals surface area contributed by atoms with Crippen molar-refractivity contribution in [3.05, 3.63) is 60.2 Å². The Morgan fingerprint density at radius 2 is 2.04 bits per heavy atom. The van der Waals surface area contributed by atoms with Gasteiger partial charge in [0.05, 0.1) is 28.7 Å². The third-order valence-electron chi connectivity index (χ3n) is 4.60. The number of amides is 1. The molecule has 146 valence electrons. The summed E-state index contributed by atoms with van der Waals surface area (Å²) in [5, 5.41) is 3.01. The molecule has 0 spiro atoms. The lowest BCUT2D eigenvalue weighted by molar-refractivity contribution is -0.119. The van der Waals surface area contributed by atoms with E-state index in [2.05, 4.69) is 45.5 Å². The van der Waals surface area contributed by atoms with E-state index in [1.54, 1.807) is 11.3 Å². The number of ether oxygens (including phenoxy) is 1. The molecule has 3 aromatic rings. The molecule has 1 aliphatic heterocycles. The highest BCUT2D eigenvalue weighted by Crippen LogP contribution is 2.29. The van der Waals surface area contributed by atoms with E-state index in [4.69, 9.17) is 4.74 Å². The van der Waals surface area contributed by atoms with Crippen LogP contribution in [-0.4, -0.2) is 53.9 Å². The second kappa shape index (κ2) is 9.52. The summed E-state index contributed by atoms with van der Waals surface area (Å²) in [5.74, 6) is 0.397. The van der Waals surface area contributed by atoms with Gasteiger partial charge in [-0.15, -0.1) is 11.3 Å². The Morgan fingerprint density at radius 1 is 1.21 bits per heavy atom. The van der Waals surface area contributed by atoms with Crippen LogP contribution in [0.5, 0.6) is 0 Å². The molecule has 0 bridgehead atoms. The fraction of sp³-hybridized carbons (Fsp3) is 0.333. The monoisotopic (exact) mass is 413 g/mol. The van der Waals surface area contributed by atoms with E-state index < -0.39 is 0 Å². The normalized spacial score (nSPS) is 17.6. The first-order chi connectivity index (χ1) is 13.8. The topological polar surface area (TPSA) is 54.5 Å². The number of carbonyl (C=O) groups is 1. The maximum absolute atomic E-state index is 12.2. The summed E-state index contributed by atoms with van der Waals surface area (Å²) >= 11 is 3.11. The number of rotatable bonds is 7. The molecule has 1 fully saturated rings. The molecular weight excluding hydrogens is 390 g/mol. The van der Waals surface area contributed by atoms with Crippen molar-refractivity contribution in [2.45, 2.75) is 17.0 Å². The van der Waals surface area contributed by atoms with E-state index in [1.165, 1.54) is 17.3 Å². The number of benzene rings is 2. The summed E-state index contributed by atoms with van der Waals surface area (Å²) < 4.78 is 7.91. The molecule has 0 saturated carbocycles. The van der Waals surface area contributed by atoms with Gasteiger partial charge in [-0.05, 0) is 17.7 Å². The van der Waals surface area contributed by atoms with Crippen molar-refractivity contribution in [2.24, 2.45) is 0 Å². The van der Waals surface area contributed by atoms with Crippen molar-refractivity contribution in [3.8, 4) is 0 Å². The minimum Gasteiger partial charge on any atom is -0.374 e. The van der Waals surface area contributed by atoms with Crippen molar-refractivity contribution >= 4 is 39.2 Å². The Morgan fingerprint density at radius 3 is 2.89 bits per heavy atom. The van der Waals surface area contributed by atoms with Crippen molar-refractivity contribution in [3.63, 3.8) is 0 Å². The molecule has 1 aromatic heterocycles. The summed E-state index contributed by atoms with van der Waals surface area (Å²) in [7, 11) is 0. The largest absolute Gasteiger partial charge is 0.374 e. The molecule has 1 N–H and O–H groups in total. The van der Waals surface area contributed by atoms with Crippen molar-refractivity contribution in [1.29, 1.82) is 0 Å². The van der Waals surface area contributed by atoms with E-state index in [1.807, 2.05) is 24.3 Å². The SMILES string of the molecule is O=C(CSc1nc2ccccc2s1)NC[C@H]1CN(Cc2ccccc2)CCO1. The van der Waals surface area contributed by atoms with E-state index in [9.17, 15) is 4.79 Å². The van der Waals surface area contributed by atoms with Crippen LogP contribution >= 0.6 is 23.1 Å². The summed E-state index contributed by atoms with van der Waals surface area (Å²) in [5.41, 5.74) is 2.30. The smallest absolute Gasteiger partial charge is 0.230 e. The van der Waals surface area contributed by atoms with E-state index >= 15 is 0 Å². The first kappa shape index (κ1) is 19.4. The van der Waals surface area contributed by atoms with Gasteiger partial charge in [0, 0.05) is 26.2 Å². The van der Waals surface area contributed by atoms with Crippen LogP contribution in [0.3, 0.4) is 0 Å². The third kappa shape index (κ3) is 5.32. The average Bonchev–Trinajstić information content (AvgIpc) is 3.15. The van der Waals surface area contributed by atoms with Crippen LogP contribution in [0.2, 0.25) is 0 Å². The average molecular weight is 414 g/mol. The molecular formula is C21H23N3O2S2. The Labute approximate surface area is 173 Å².